The van der Waals surface area contributed by atoms with Gasteiger partial charge in [-0.15, -0.1) is 10.2 Å². The van der Waals surface area contributed by atoms with Crippen LogP contribution >= 0.6 is 0 Å². The van der Waals surface area contributed by atoms with Gasteiger partial charge in [0.25, 0.3) is 10.0 Å². The van der Waals surface area contributed by atoms with E-state index >= 15 is 0 Å². The predicted octanol–water partition coefficient (Wildman–Crippen LogP) is 4.53. The first-order valence-electron chi connectivity index (χ1n) is 11.5. The maximum absolute atomic E-state index is 13.1. The number of anilines is 1. The third-order valence-electron chi connectivity index (χ3n) is 6.20. The van der Waals surface area contributed by atoms with E-state index in [1.807, 2.05) is 42.5 Å². The molecule has 9 heteroatoms. The van der Waals surface area contributed by atoms with Crippen molar-refractivity contribution in [3.8, 4) is 22.8 Å². The highest BCUT2D eigenvalue weighted by atomic mass is 32.2. The molecule has 1 N–H and O–H groups in total. The molecule has 8 nitrogen and oxygen atoms in total. The molecular formula is C26H22N6O2S. The number of nitrogens with zero attached hydrogens (tertiary/aromatic N) is 5. The number of aryl methyl sites for hydroxylation is 2. The maximum Gasteiger partial charge on any atom is 0.261 e. The average Bonchev–Trinajstić information content (AvgIpc) is 3.32. The summed E-state index contributed by atoms with van der Waals surface area (Å²) in [5.41, 5.74) is 5.52. The lowest BCUT2D eigenvalue weighted by Crippen LogP contribution is -2.14. The van der Waals surface area contributed by atoms with E-state index in [2.05, 4.69) is 19.9 Å². The van der Waals surface area contributed by atoms with Crippen molar-refractivity contribution < 1.29 is 8.42 Å². The Morgan fingerprint density at radius 1 is 0.800 bits per heavy atom. The van der Waals surface area contributed by atoms with Gasteiger partial charge in [-0.25, -0.2) is 8.42 Å². The van der Waals surface area contributed by atoms with Gasteiger partial charge in [-0.3, -0.25) is 9.71 Å². The summed E-state index contributed by atoms with van der Waals surface area (Å²) >= 11 is 0. The van der Waals surface area contributed by atoms with Crippen molar-refractivity contribution in [2.75, 3.05) is 4.72 Å². The van der Waals surface area contributed by atoms with Crippen LogP contribution in [0.25, 0.3) is 28.4 Å². The molecule has 0 aliphatic heterocycles. The van der Waals surface area contributed by atoms with Gasteiger partial charge in [0.1, 0.15) is 5.69 Å². The Morgan fingerprint density at radius 3 is 2.54 bits per heavy atom. The fourth-order valence-electron chi connectivity index (χ4n) is 4.43. The molecule has 0 radical (unpaired) electrons. The number of rotatable bonds is 5. The van der Waals surface area contributed by atoms with Gasteiger partial charge in [0.2, 0.25) is 5.82 Å². The van der Waals surface area contributed by atoms with E-state index in [0.717, 1.165) is 36.8 Å². The highest BCUT2D eigenvalue weighted by molar-refractivity contribution is 7.92. The van der Waals surface area contributed by atoms with E-state index in [4.69, 9.17) is 5.10 Å². The van der Waals surface area contributed by atoms with Crippen LogP contribution in [0.15, 0.2) is 83.9 Å². The summed E-state index contributed by atoms with van der Waals surface area (Å²) in [6, 6.07) is 21.9. The second-order valence-corrected chi connectivity index (χ2v) is 10.2. The molecule has 0 saturated heterocycles. The van der Waals surface area contributed by atoms with Crippen molar-refractivity contribution in [1.82, 2.24) is 24.8 Å². The van der Waals surface area contributed by atoms with Crippen molar-refractivity contribution in [2.24, 2.45) is 0 Å². The zero-order valence-corrected chi connectivity index (χ0v) is 19.6. The van der Waals surface area contributed by atoms with Crippen LogP contribution in [0.2, 0.25) is 0 Å². The lowest BCUT2D eigenvalue weighted by atomic mass is 9.92. The largest absolute Gasteiger partial charge is 0.280 e. The molecule has 0 spiro atoms. The number of sulfonamides is 1. The minimum Gasteiger partial charge on any atom is -0.280 e. The lowest BCUT2D eigenvalue weighted by Gasteiger charge is -2.17. The summed E-state index contributed by atoms with van der Waals surface area (Å²) in [6.45, 7) is 0. The second kappa shape index (κ2) is 8.59. The number of pyridine rings is 1. The molecule has 174 valence electrons. The van der Waals surface area contributed by atoms with Crippen LogP contribution in [0.4, 0.5) is 5.69 Å². The summed E-state index contributed by atoms with van der Waals surface area (Å²) in [7, 11) is -3.72. The Bertz CT molecular complexity index is 1650. The molecule has 0 saturated carbocycles. The van der Waals surface area contributed by atoms with Gasteiger partial charge >= 0.3 is 0 Å². The van der Waals surface area contributed by atoms with E-state index in [1.165, 1.54) is 5.56 Å². The van der Waals surface area contributed by atoms with Crippen molar-refractivity contribution in [1.29, 1.82) is 0 Å². The van der Waals surface area contributed by atoms with Crippen molar-refractivity contribution in [3.05, 3.63) is 90.1 Å². The van der Waals surface area contributed by atoms with Crippen LogP contribution < -0.4 is 4.72 Å². The zero-order chi connectivity index (χ0) is 23.8. The van der Waals surface area contributed by atoms with Crippen LogP contribution in [0, 0.1) is 0 Å². The molecule has 5 aromatic rings. The Morgan fingerprint density at radius 2 is 1.69 bits per heavy atom. The summed E-state index contributed by atoms with van der Waals surface area (Å²) in [6.07, 6.45) is 5.88. The SMILES string of the molecule is O=S(=O)(Nc1cccc(-c2ccc3nnc(-c4ccccn4)n3n2)c1)c1ccc2c(c1)CCCC2. The third kappa shape index (κ3) is 4.15. The molecule has 3 aromatic heterocycles. The number of benzene rings is 2. The highest BCUT2D eigenvalue weighted by Crippen LogP contribution is 2.27. The first kappa shape index (κ1) is 21.4. The van der Waals surface area contributed by atoms with E-state index in [-0.39, 0.29) is 4.90 Å². The minimum absolute atomic E-state index is 0.285. The molecule has 3 heterocycles. The standard InChI is InChI=1S/C26H22N6O2S/c33-35(34,22-12-11-18-6-1-2-7-19(18)17-22)31-21-9-5-8-20(16-21)23-13-14-25-28-29-26(32(25)30-23)24-10-3-4-15-27-24/h3-5,8-17,31H,1-2,6-7H2. The first-order chi connectivity index (χ1) is 17.1. The summed E-state index contributed by atoms with van der Waals surface area (Å²) in [5.74, 6) is 0.534. The summed E-state index contributed by atoms with van der Waals surface area (Å²) < 4.78 is 30.6. The molecule has 0 fully saturated rings. The Balaban J connectivity index is 1.32. The van der Waals surface area contributed by atoms with Crippen molar-refractivity contribution in [2.45, 2.75) is 30.6 Å². The Kier molecular flexibility index (Phi) is 5.26. The quantitative estimate of drug-likeness (QED) is 0.395. The van der Waals surface area contributed by atoms with Crippen LogP contribution in [-0.2, 0) is 22.9 Å². The third-order valence-corrected chi connectivity index (χ3v) is 7.58. The number of hydrogen-bond donors (Lipinski definition) is 1. The van der Waals surface area contributed by atoms with Gasteiger partial charge in [-0.05, 0) is 85.3 Å². The molecule has 1 aliphatic carbocycles. The van der Waals surface area contributed by atoms with E-state index < -0.39 is 10.0 Å². The summed E-state index contributed by atoms with van der Waals surface area (Å²) in [4.78, 5) is 4.63. The maximum atomic E-state index is 13.1. The van der Waals surface area contributed by atoms with Gasteiger partial charge in [0.05, 0.1) is 10.6 Å². The van der Waals surface area contributed by atoms with Gasteiger partial charge in [0.15, 0.2) is 5.65 Å². The lowest BCUT2D eigenvalue weighted by molar-refractivity contribution is 0.600. The first-order valence-corrected chi connectivity index (χ1v) is 12.9. The molecule has 0 unspecified atom stereocenters. The van der Waals surface area contributed by atoms with Gasteiger partial charge < -0.3 is 0 Å². The molecule has 35 heavy (non-hydrogen) atoms. The van der Waals surface area contributed by atoms with E-state index in [9.17, 15) is 8.42 Å². The topological polar surface area (TPSA) is 102 Å². The number of fused-ring (bicyclic) bond motifs is 2. The minimum atomic E-state index is -3.72. The summed E-state index contributed by atoms with van der Waals surface area (Å²) in [5, 5.41) is 13.1. The molecule has 0 bridgehead atoms. The van der Waals surface area contributed by atoms with Crippen LogP contribution in [0.5, 0.6) is 0 Å². The van der Waals surface area contributed by atoms with Crippen LogP contribution in [0.3, 0.4) is 0 Å². The van der Waals surface area contributed by atoms with Crippen molar-refractivity contribution in [3.63, 3.8) is 0 Å². The number of nitrogens with one attached hydrogen (secondary N) is 1. The van der Waals surface area contributed by atoms with Crippen LogP contribution in [-0.4, -0.2) is 33.2 Å². The van der Waals surface area contributed by atoms with Crippen molar-refractivity contribution >= 4 is 21.4 Å². The molecular weight excluding hydrogens is 460 g/mol. The number of aromatic nitrogens is 5. The average molecular weight is 483 g/mol. The van der Waals surface area contributed by atoms with Gasteiger partial charge in [-0.1, -0.05) is 24.3 Å². The molecule has 0 amide bonds. The predicted molar refractivity (Wildman–Crippen MR) is 133 cm³/mol. The Labute approximate surface area is 202 Å². The smallest absolute Gasteiger partial charge is 0.261 e. The number of hydrogen-bond acceptors (Lipinski definition) is 6. The van der Waals surface area contributed by atoms with Crippen LogP contribution in [0.1, 0.15) is 24.0 Å². The normalized spacial score (nSPS) is 13.5. The van der Waals surface area contributed by atoms with E-state index in [1.54, 1.807) is 41.0 Å². The molecule has 0 atom stereocenters. The zero-order valence-electron chi connectivity index (χ0n) is 18.8. The Hall–Kier alpha value is -4.11. The second-order valence-electron chi connectivity index (χ2n) is 8.55. The molecule has 1 aliphatic rings. The molecule has 2 aromatic carbocycles. The fourth-order valence-corrected chi connectivity index (χ4v) is 5.53. The van der Waals surface area contributed by atoms with E-state index in [0.29, 0.717) is 28.5 Å². The highest BCUT2D eigenvalue weighted by Gasteiger charge is 2.18. The monoisotopic (exact) mass is 482 g/mol. The fraction of sp³-hybridized carbons (Fsp3) is 0.154. The molecule has 6 rings (SSSR count). The van der Waals surface area contributed by atoms with Gasteiger partial charge in [0, 0.05) is 17.4 Å². The van der Waals surface area contributed by atoms with Gasteiger partial charge in [-0.2, -0.15) is 9.61 Å².